The first-order chi connectivity index (χ1) is 7.93. The zero-order chi connectivity index (χ0) is 10.8. The van der Waals surface area contributed by atoms with Gasteiger partial charge in [0.05, 0.1) is 6.20 Å². The largest absolute Gasteiger partial charge is 0.236 e. The lowest BCUT2D eigenvalue weighted by molar-refractivity contribution is -0.655. The van der Waals surface area contributed by atoms with Crippen molar-refractivity contribution in [3.05, 3.63) is 42.7 Å². The van der Waals surface area contributed by atoms with E-state index >= 15 is 0 Å². The molecule has 2 N–H and O–H groups in total. The minimum absolute atomic E-state index is 0.592. The molecule has 0 atom stereocenters. The second-order valence-corrected chi connectivity index (χ2v) is 3.29. The highest BCUT2D eigenvalue weighted by Gasteiger charge is 2.09. The minimum Gasteiger partial charge on any atom is -0.177 e. The molecule has 0 bridgehead atoms. The van der Waals surface area contributed by atoms with Gasteiger partial charge in [-0.25, -0.2) is 0 Å². The molecule has 3 rings (SSSR count). The molecule has 1 aromatic carbocycles. The lowest BCUT2D eigenvalue weighted by Crippen LogP contribution is -2.31. The van der Waals surface area contributed by atoms with Crippen molar-refractivity contribution in [3.8, 4) is 17.1 Å². The molecular formula is C10H9N6+. The molecule has 3 aromatic rings. The molecule has 16 heavy (non-hydrogen) atoms. The standard InChI is InChI=1S/C10H8N6/c1-3-8(10-12-14-15-13-10)7-9(4-1)16-6-2-5-11-16/h1-7H,(H,12,13,14,15)/p+1. The lowest BCUT2D eigenvalue weighted by Gasteiger charge is -1.94. The number of rotatable bonds is 2. The Labute approximate surface area is 90.9 Å². The molecule has 6 nitrogen and oxygen atoms in total. The molecule has 78 valence electrons. The maximum absolute atomic E-state index is 3.94. The third kappa shape index (κ3) is 1.46. The van der Waals surface area contributed by atoms with Gasteiger partial charge in [0.1, 0.15) is 0 Å². The topological polar surface area (TPSA) is 74.1 Å². The average molecular weight is 213 g/mol. The first kappa shape index (κ1) is 8.78. The van der Waals surface area contributed by atoms with Crippen molar-refractivity contribution in [2.75, 3.05) is 0 Å². The number of aromatic nitrogens is 6. The molecule has 0 amide bonds. The first-order valence-corrected chi connectivity index (χ1v) is 4.83. The Morgan fingerprint density at radius 2 is 2.19 bits per heavy atom. The van der Waals surface area contributed by atoms with Gasteiger partial charge in [0.2, 0.25) is 17.7 Å². The quantitative estimate of drug-likeness (QED) is 0.608. The highest BCUT2D eigenvalue weighted by molar-refractivity contribution is 5.56. The van der Waals surface area contributed by atoms with Crippen LogP contribution in [0.4, 0.5) is 0 Å². The van der Waals surface area contributed by atoms with Crippen molar-refractivity contribution < 1.29 is 4.68 Å². The van der Waals surface area contributed by atoms with E-state index in [2.05, 4.69) is 25.7 Å². The molecule has 0 unspecified atom stereocenters. The van der Waals surface area contributed by atoms with Crippen LogP contribution in [-0.2, 0) is 0 Å². The van der Waals surface area contributed by atoms with E-state index in [1.54, 1.807) is 0 Å². The molecule has 0 aliphatic rings. The number of benzene rings is 1. The zero-order valence-electron chi connectivity index (χ0n) is 8.33. The molecule has 0 fully saturated rings. The normalized spacial score (nSPS) is 10.5. The molecule has 0 spiro atoms. The molecular weight excluding hydrogens is 204 g/mol. The Hall–Kier alpha value is -2.50. The summed E-state index contributed by atoms with van der Waals surface area (Å²) in [6.07, 6.45) is 3.80. The summed E-state index contributed by atoms with van der Waals surface area (Å²) < 4.78 is 1.91. The van der Waals surface area contributed by atoms with Crippen LogP contribution in [0.15, 0.2) is 42.7 Å². The third-order valence-corrected chi connectivity index (χ3v) is 2.27. The van der Waals surface area contributed by atoms with Crippen LogP contribution in [-0.4, -0.2) is 25.7 Å². The molecule has 2 aromatic heterocycles. The molecule has 2 heterocycles. The summed E-state index contributed by atoms with van der Waals surface area (Å²) in [7, 11) is 0. The van der Waals surface area contributed by atoms with Crippen LogP contribution in [0.25, 0.3) is 17.1 Å². The van der Waals surface area contributed by atoms with Crippen LogP contribution >= 0.6 is 0 Å². The van der Waals surface area contributed by atoms with Gasteiger partial charge in [-0.3, -0.25) is 0 Å². The number of tetrazole rings is 1. The van der Waals surface area contributed by atoms with E-state index in [1.165, 1.54) is 0 Å². The summed E-state index contributed by atoms with van der Waals surface area (Å²) in [5.41, 5.74) is 1.95. The van der Waals surface area contributed by atoms with Crippen LogP contribution in [0.1, 0.15) is 0 Å². The molecule has 6 heteroatoms. The van der Waals surface area contributed by atoms with Crippen molar-refractivity contribution in [2.45, 2.75) is 0 Å². The number of H-pyrrole nitrogens is 2. The fraction of sp³-hybridized carbons (Fsp3) is 0. The number of hydrogen-bond donors (Lipinski definition) is 2. The number of nitrogens with zero attached hydrogens (tertiary/aromatic N) is 4. The Morgan fingerprint density at radius 1 is 1.19 bits per heavy atom. The van der Waals surface area contributed by atoms with Gasteiger partial charge in [-0.2, -0.15) is 10.3 Å². The predicted molar refractivity (Wildman–Crippen MR) is 55.5 cm³/mol. The van der Waals surface area contributed by atoms with Gasteiger partial charge in [-0.1, -0.05) is 16.8 Å². The van der Waals surface area contributed by atoms with E-state index < -0.39 is 0 Å². The van der Waals surface area contributed by atoms with E-state index in [-0.39, 0.29) is 0 Å². The van der Waals surface area contributed by atoms with Crippen LogP contribution in [0.2, 0.25) is 0 Å². The molecule has 0 aliphatic carbocycles. The Balaban J connectivity index is 2.07. The second kappa shape index (κ2) is 3.58. The maximum Gasteiger partial charge on any atom is 0.236 e. The number of hydrogen-bond acceptors (Lipinski definition) is 3. The fourth-order valence-corrected chi connectivity index (χ4v) is 1.54. The molecule has 0 radical (unpaired) electrons. The number of aromatic amines is 2. The lowest BCUT2D eigenvalue weighted by atomic mass is 10.2. The van der Waals surface area contributed by atoms with Gasteiger partial charge in [0.15, 0.2) is 0 Å². The van der Waals surface area contributed by atoms with Crippen LogP contribution < -0.4 is 4.68 Å². The van der Waals surface area contributed by atoms with Gasteiger partial charge < -0.3 is 0 Å². The van der Waals surface area contributed by atoms with Crippen molar-refractivity contribution in [1.29, 1.82) is 0 Å². The SMILES string of the molecule is c1cc(-c2nn[nH]n2)cc(-[n+]2ccc[nH]2)c1. The fourth-order valence-electron chi connectivity index (χ4n) is 1.54. The van der Waals surface area contributed by atoms with Gasteiger partial charge >= 0.3 is 0 Å². The smallest absolute Gasteiger partial charge is 0.177 e. The minimum atomic E-state index is 0.592. The Kier molecular flexibility index (Phi) is 1.96. The summed E-state index contributed by atoms with van der Waals surface area (Å²) >= 11 is 0. The number of nitrogens with one attached hydrogen (secondary N) is 2. The summed E-state index contributed by atoms with van der Waals surface area (Å²) in [4.78, 5) is 0. The van der Waals surface area contributed by atoms with Crippen molar-refractivity contribution in [3.63, 3.8) is 0 Å². The van der Waals surface area contributed by atoms with Crippen molar-refractivity contribution >= 4 is 0 Å². The van der Waals surface area contributed by atoms with Crippen molar-refractivity contribution in [2.24, 2.45) is 0 Å². The van der Waals surface area contributed by atoms with Gasteiger partial charge in [-0.05, 0) is 5.21 Å². The molecule has 0 saturated carbocycles. The van der Waals surface area contributed by atoms with E-state index in [4.69, 9.17) is 0 Å². The highest BCUT2D eigenvalue weighted by Crippen LogP contribution is 2.14. The van der Waals surface area contributed by atoms with Crippen LogP contribution in [0, 0.1) is 0 Å². The molecule has 0 aliphatic heterocycles. The Bertz CT molecular complexity index is 520. The van der Waals surface area contributed by atoms with Crippen molar-refractivity contribution in [1.82, 2.24) is 25.7 Å². The van der Waals surface area contributed by atoms with E-state index in [0.717, 1.165) is 11.3 Å². The predicted octanol–water partition coefficient (Wildman–Crippen LogP) is 0.471. The highest BCUT2D eigenvalue weighted by atomic mass is 15.5. The maximum atomic E-state index is 3.94. The third-order valence-electron chi connectivity index (χ3n) is 2.27. The molecule has 0 saturated heterocycles. The average Bonchev–Trinajstić information content (AvgIpc) is 3.03. The van der Waals surface area contributed by atoms with E-state index in [1.807, 2.05) is 47.4 Å². The first-order valence-electron chi connectivity index (χ1n) is 4.83. The van der Waals surface area contributed by atoms with E-state index in [0.29, 0.717) is 5.82 Å². The van der Waals surface area contributed by atoms with Gasteiger partial charge in [0, 0.05) is 23.8 Å². The summed E-state index contributed by atoms with van der Waals surface area (Å²) in [5, 5.41) is 16.9. The van der Waals surface area contributed by atoms with Gasteiger partial charge in [-0.15, -0.1) is 10.2 Å². The van der Waals surface area contributed by atoms with Crippen LogP contribution in [0.5, 0.6) is 0 Å². The Morgan fingerprint density at radius 3 is 2.94 bits per heavy atom. The summed E-state index contributed by atoms with van der Waals surface area (Å²) in [6, 6.07) is 9.81. The van der Waals surface area contributed by atoms with Crippen LogP contribution in [0.3, 0.4) is 0 Å². The van der Waals surface area contributed by atoms with Gasteiger partial charge in [0.25, 0.3) is 0 Å². The summed E-state index contributed by atoms with van der Waals surface area (Å²) in [5.74, 6) is 0.592. The zero-order valence-corrected chi connectivity index (χ0v) is 8.33. The second-order valence-electron chi connectivity index (χ2n) is 3.29. The monoisotopic (exact) mass is 213 g/mol. The summed E-state index contributed by atoms with van der Waals surface area (Å²) in [6.45, 7) is 0. The van der Waals surface area contributed by atoms with E-state index in [9.17, 15) is 0 Å².